The van der Waals surface area contributed by atoms with E-state index < -0.39 is 11.6 Å². The summed E-state index contributed by atoms with van der Waals surface area (Å²) in [6.45, 7) is 3.25. The number of nitrogens with one attached hydrogen (secondary N) is 1. The van der Waals surface area contributed by atoms with Crippen molar-refractivity contribution in [2.75, 3.05) is 6.54 Å². The number of hydrogen-bond donors (Lipinski definition) is 1. The van der Waals surface area contributed by atoms with Gasteiger partial charge in [-0.15, -0.1) is 0 Å². The van der Waals surface area contributed by atoms with Crippen LogP contribution in [0, 0.1) is 17.6 Å². The zero-order valence-corrected chi connectivity index (χ0v) is 12.3. The molecule has 2 atom stereocenters. The highest BCUT2D eigenvalue weighted by Crippen LogP contribution is 2.27. The van der Waals surface area contributed by atoms with Crippen molar-refractivity contribution in [3.63, 3.8) is 0 Å². The van der Waals surface area contributed by atoms with Crippen LogP contribution in [-0.4, -0.2) is 12.6 Å². The lowest BCUT2D eigenvalue weighted by Crippen LogP contribution is -2.31. The first-order valence-corrected chi connectivity index (χ1v) is 7.86. The smallest absolute Gasteiger partial charge is 0.159 e. The second-order valence-electron chi connectivity index (χ2n) is 5.99. The Morgan fingerprint density at radius 2 is 1.95 bits per heavy atom. The molecule has 1 saturated carbocycles. The Labute approximate surface area is 120 Å². The van der Waals surface area contributed by atoms with Gasteiger partial charge in [0, 0.05) is 6.04 Å². The summed E-state index contributed by atoms with van der Waals surface area (Å²) >= 11 is 0. The molecular weight excluding hydrogens is 256 g/mol. The van der Waals surface area contributed by atoms with E-state index >= 15 is 0 Å². The average Bonchev–Trinajstić information content (AvgIpc) is 2.66. The van der Waals surface area contributed by atoms with Crippen molar-refractivity contribution in [1.29, 1.82) is 0 Å². The molecule has 0 bridgehead atoms. The van der Waals surface area contributed by atoms with Crippen LogP contribution in [0.2, 0.25) is 0 Å². The average molecular weight is 281 g/mol. The number of benzene rings is 1. The van der Waals surface area contributed by atoms with E-state index in [0.29, 0.717) is 12.0 Å². The number of hydrogen-bond acceptors (Lipinski definition) is 1. The maximum absolute atomic E-state index is 13.3. The highest BCUT2D eigenvalue weighted by atomic mass is 19.2. The van der Waals surface area contributed by atoms with Crippen LogP contribution >= 0.6 is 0 Å². The lowest BCUT2D eigenvalue weighted by atomic mass is 9.91. The van der Waals surface area contributed by atoms with Crippen molar-refractivity contribution in [2.45, 2.75) is 57.9 Å². The van der Waals surface area contributed by atoms with Gasteiger partial charge in [0.15, 0.2) is 11.6 Å². The van der Waals surface area contributed by atoms with E-state index in [1.165, 1.54) is 37.8 Å². The molecule has 0 aromatic heterocycles. The van der Waals surface area contributed by atoms with Gasteiger partial charge in [0.05, 0.1) is 0 Å². The topological polar surface area (TPSA) is 12.0 Å². The van der Waals surface area contributed by atoms with E-state index in [0.717, 1.165) is 31.4 Å². The maximum atomic E-state index is 13.3. The first-order chi connectivity index (χ1) is 9.69. The SMILES string of the molecule is CCCNC1CCCCC(Cc2ccc(F)c(F)c2)C1. The molecule has 1 aromatic rings. The molecule has 0 heterocycles. The molecular formula is C17H25F2N. The minimum atomic E-state index is -0.753. The van der Waals surface area contributed by atoms with E-state index in [-0.39, 0.29) is 0 Å². The van der Waals surface area contributed by atoms with E-state index in [1.54, 1.807) is 6.07 Å². The summed E-state index contributed by atoms with van der Waals surface area (Å²) in [5.74, 6) is -0.898. The summed E-state index contributed by atoms with van der Waals surface area (Å²) in [7, 11) is 0. The molecule has 0 saturated heterocycles. The lowest BCUT2D eigenvalue weighted by Gasteiger charge is -2.21. The first kappa shape index (κ1) is 15.4. The standard InChI is InChI=1S/C17H25F2N/c1-2-9-20-15-6-4-3-5-13(11-15)10-14-7-8-16(18)17(19)12-14/h7-8,12-13,15,20H,2-6,9-11H2,1H3. The molecule has 1 fully saturated rings. The summed E-state index contributed by atoms with van der Waals surface area (Å²) in [5.41, 5.74) is 0.921. The molecule has 1 N–H and O–H groups in total. The Hall–Kier alpha value is -0.960. The zero-order valence-electron chi connectivity index (χ0n) is 12.3. The molecule has 0 radical (unpaired) electrons. The summed E-state index contributed by atoms with van der Waals surface area (Å²) in [5, 5.41) is 3.61. The monoisotopic (exact) mass is 281 g/mol. The Bertz CT molecular complexity index is 419. The maximum Gasteiger partial charge on any atom is 0.159 e. The van der Waals surface area contributed by atoms with E-state index in [4.69, 9.17) is 0 Å². The van der Waals surface area contributed by atoms with Crippen LogP contribution in [0.4, 0.5) is 8.78 Å². The molecule has 1 aliphatic carbocycles. The lowest BCUT2D eigenvalue weighted by molar-refractivity contribution is 0.383. The fourth-order valence-corrected chi connectivity index (χ4v) is 3.18. The van der Waals surface area contributed by atoms with Gasteiger partial charge in [0.1, 0.15) is 0 Å². The van der Waals surface area contributed by atoms with Gasteiger partial charge in [0.2, 0.25) is 0 Å². The third kappa shape index (κ3) is 4.55. The Morgan fingerprint density at radius 1 is 1.15 bits per heavy atom. The van der Waals surface area contributed by atoms with Gasteiger partial charge < -0.3 is 5.32 Å². The highest BCUT2D eigenvalue weighted by Gasteiger charge is 2.20. The predicted octanol–water partition coefficient (Wildman–Crippen LogP) is 4.46. The molecule has 2 rings (SSSR count). The largest absolute Gasteiger partial charge is 0.314 e. The number of rotatable bonds is 5. The van der Waals surface area contributed by atoms with E-state index in [9.17, 15) is 8.78 Å². The molecule has 2 unspecified atom stereocenters. The summed E-state index contributed by atoms with van der Waals surface area (Å²) in [4.78, 5) is 0. The Balaban J connectivity index is 1.94. The molecule has 1 nitrogen and oxygen atoms in total. The van der Waals surface area contributed by atoms with Gasteiger partial charge in [-0.1, -0.05) is 32.3 Å². The van der Waals surface area contributed by atoms with Crippen molar-refractivity contribution in [1.82, 2.24) is 5.32 Å². The summed E-state index contributed by atoms with van der Waals surface area (Å²) in [6.07, 6.45) is 8.14. The molecule has 0 amide bonds. The second kappa shape index (κ2) is 7.72. The van der Waals surface area contributed by atoms with Gasteiger partial charge in [-0.05, 0) is 55.8 Å². The third-order valence-electron chi connectivity index (χ3n) is 4.22. The fourth-order valence-electron chi connectivity index (χ4n) is 3.18. The summed E-state index contributed by atoms with van der Waals surface area (Å²) in [6, 6.07) is 4.91. The molecule has 1 aliphatic rings. The van der Waals surface area contributed by atoms with Gasteiger partial charge in [-0.3, -0.25) is 0 Å². The zero-order chi connectivity index (χ0) is 14.4. The Kier molecular flexibility index (Phi) is 5.96. The van der Waals surface area contributed by atoms with Gasteiger partial charge in [-0.25, -0.2) is 8.78 Å². The Morgan fingerprint density at radius 3 is 2.70 bits per heavy atom. The minimum absolute atomic E-state index is 0.580. The van der Waals surface area contributed by atoms with Crippen molar-refractivity contribution in [3.8, 4) is 0 Å². The molecule has 0 aliphatic heterocycles. The number of halogens is 2. The van der Waals surface area contributed by atoms with Crippen LogP contribution in [0.3, 0.4) is 0 Å². The van der Waals surface area contributed by atoms with Crippen molar-refractivity contribution >= 4 is 0 Å². The third-order valence-corrected chi connectivity index (χ3v) is 4.22. The van der Waals surface area contributed by atoms with E-state index in [2.05, 4.69) is 12.2 Å². The molecule has 1 aromatic carbocycles. The molecule has 112 valence electrons. The molecule has 3 heteroatoms. The first-order valence-electron chi connectivity index (χ1n) is 7.86. The second-order valence-corrected chi connectivity index (χ2v) is 5.99. The molecule has 20 heavy (non-hydrogen) atoms. The van der Waals surface area contributed by atoms with Crippen molar-refractivity contribution in [3.05, 3.63) is 35.4 Å². The predicted molar refractivity (Wildman–Crippen MR) is 78.7 cm³/mol. The van der Waals surface area contributed by atoms with Gasteiger partial charge >= 0.3 is 0 Å². The quantitative estimate of drug-likeness (QED) is 0.786. The van der Waals surface area contributed by atoms with Crippen LogP contribution in [0.5, 0.6) is 0 Å². The van der Waals surface area contributed by atoms with Crippen LogP contribution in [0.25, 0.3) is 0 Å². The molecule has 0 spiro atoms. The normalized spacial score (nSPS) is 23.6. The van der Waals surface area contributed by atoms with Crippen LogP contribution in [0.15, 0.2) is 18.2 Å². The van der Waals surface area contributed by atoms with Gasteiger partial charge in [-0.2, -0.15) is 0 Å². The van der Waals surface area contributed by atoms with Crippen molar-refractivity contribution < 1.29 is 8.78 Å². The highest BCUT2D eigenvalue weighted by molar-refractivity contribution is 5.18. The summed E-state index contributed by atoms with van der Waals surface area (Å²) < 4.78 is 26.2. The van der Waals surface area contributed by atoms with Gasteiger partial charge in [0.25, 0.3) is 0 Å². The van der Waals surface area contributed by atoms with Crippen LogP contribution < -0.4 is 5.32 Å². The van der Waals surface area contributed by atoms with E-state index in [1.807, 2.05) is 0 Å². The van der Waals surface area contributed by atoms with Crippen LogP contribution in [-0.2, 0) is 6.42 Å². The van der Waals surface area contributed by atoms with Crippen molar-refractivity contribution in [2.24, 2.45) is 5.92 Å². The van der Waals surface area contributed by atoms with Crippen LogP contribution in [0.1, 0.15) is 51.0 Å². The minimum Gasteiger partial charge on any atom is -0.314 e. The fraction of sp³-hybridized carbons (Fsp3) is 0.647.